The van der Waals surface area contributed by atoms with Crippen LogP contribution in [0, 0.1) is 5.82 Å². The van der Waals surface area contributed by atoms with E-state index in [0.717, 1.165) is 55.6 Å². The normalized spacial score (nSPS) is 15.5. The number of aryl methyl sites for hydroxylation is 2. The number of halogens is 1. The van der Waals surface area contributed by atoms with Gasteiger partial charge in [-0.1, -0.05) is 47.6 Å². The summed E-state index contributed by atoms with van der Waals surface area (Å²) in [5.41, 5.74) is 9.67. The van der Waals surface area contributed by atoms with Crippen molar-refractivity contribution >= 4 is 11.8 Å². The zero-order valence-electron chi connectivity index (χ0n) is 18.7. The molecule has 32 heavy (non-hydrogen) atoms. The molecule has 1 fully saturated rings. The van der Waals surface area contributed by atoms with Crippen molar-refractivity contribution < 1.29 is 8.91 Å². The molecule has 2 heterocycles. The first kappa shape index (κ1) is 22.0. The largest absolute Gasteiger partial charge is 0.369 e. The number of nitrogens with two attached hydrogens (primary N) is 1. The highest BCUT2D eigenvalue weighted by Crippen LogP contribution is 2.23. The summed E-state index contributed by atoms with van der Waals surface area (Å²) in [4.78, 5) is 8.79. The van der Waals surface area contributed by atoms with Crippen LogP contribution in [-0.4, -0.2) is 54.1 Å². The number of hydrogen-bond donors (Lipinski definition) is 1. The van der Waals surface area contributed by atoms with Crippen molar-refractivity contribution in [3.05, 3.63) is 71.7 Å². The van der Waals surface area contributed by atoms with Crippen molar-refractivity contribution in [1.82, 2.24) is 15.0 Å². The first-order valence-corrected chi connectivity index (χ1v) is 11.0. The van der Waals surface area contributed by atoms with Crippen molar-refractivity contribution in [2.24, 2.45) is 10.7 Å². The van der Waals surface area contributed by atoms with E-state index in [-0.39, 0.29) is 5.82 Å². The topological polar surface area (TPSA) is 70.9 Å². The van der Waals surface area contributed by atoms with Crippen molar-refractivity contribution in [2.75, 3.05) is 27.2 Å². The molecule has 0 unspecified atom stereocenters. The third-order valence-electron chi connectivity index (χ3n) is 6.10. The third-order valence-corrected chi connectivity index (χ3v) is 6.10. The van der Waals surface area contributed by atoms with Gasteiger partial charge in [-0.25, -0.2) is 4.39 Å². The Hall–Kier alpha value is -3.19. The van der Waals surface area contributed by atoms with Crippen molar-refractivity contribution in [2.45, 2.75) is 31.7 Å². The summed E-state index contributed by atoms with van der Waals surface area (Å²) in [7, 11) is 4.23. The third kappa shape index (κ3) is 5.34. The van der Waals surface area contributed by atoms with E-state index >= 15 is 0 Å². The minimum atomic E-state index is -0.211. The molecule has 0 saturated carbocycles. The molecule has 0 amide bonds. The lowest BCUT2D eigenvalue weighted by Gasteiger charge is -2.35. The van der Waals surface area contributed by atoms with Gasteiger partial charge in [0.1, 0.15) is 5.82 Å². The molecular formula is C25H30FN5O. The van der Waals surface area contributed by atoms with E-state index in [4.69, 9.17) is 10.3 Å². The van der Waals surface area contributed by atoms with E-state index in [9.17, 15) is 4.39 Å². The van der Waals surface area contributed by atoms with Crippen LogP contribution in [-0.2, 0) is 12.8 Å². The fourth-order valence-electron chi connectivity index (χ4n) is 4.08. The Bertz CT molecular complexity index is 1050. The van der Waals surface area contributed by atoms with Crippen molar-refractivity contribution in [1.29, 1.82) is 0 Å². The average Bonchev–Trinajstić information content (AvgIpc) is 3.26. The van der Waals surface area contributed by atoms with Crippen LogP contribution in [0.5, 0.6) is 0 Å². The molecular weight excluding hydrogens is 405 g/mol. The number of nitrogens with zero attached hydrogens (tertiary/aromatic N) is 4. The molecule has 1 aliphatic heterocycles. The smallest absolute Gasteiger partial charge is 0.253 e. The van der Waals surface area contributed by atoms with E-state index in [1.54, 1.807) is 12.1 Å². The van der Waals surface area contributed by atoms with Crippen LogP contribution in [0.25, 0.3) is 11.1 Å². The summed E-state index contributed by atoms with van der Waals surface area (Å²) in [5, 5.41) is 4.13. The zero-order chi connectivity index (χ0) is 22.5. The maximum absolute atomic E-state index is 14.0. The van der Waals surface area contributed by atoms with Gasteiger partial charge in [-0.05, 0) is 57.0 Å². The Morgan fingerprint density at radius 1 is 1.12 bits per heavy atom. The summed E-state index contributed by atoms with van der Waals surface area (Å²) in [5.74, 6) is 0.702. The Morgan fingerprint density at radius 3 is 2.53 bits per heavy atom. The molecule has 168 valence electrons. The molecule has 2 aromatic carbocycles. The number of likely N-dealkylation sites (tertiary alicyclic amines) is 1. The van der Waals surface area contributed by atoms with Gasteiger partial charge in [-0.15, -0.1) is 0 Å². The minimum Gasteiger partial charge on any atom is -0.369 e. The summed E-state index contributed by atoms with van der Waals surface area (Å²) in [6.45, 7) is 1.78. The molecule has 0 radical (unpaired) electrons. The lowest BCUT2D eigenvalue weighted by Crippen LogP contribution is -2.47. The highest BCUT2D eigenvalue weighted by molar-refractivity contribution is 5.80. The Kier molecular flexibility index (Phi) is 6.85. The molecule has 6 nitrogen and oxygen atoms in total. The Labute approximate surface area is 188 Å². The molecule has 2 N–H and O–H groups in total. The summed E-state index contributed by atoms with van der Waals surface area (Å²) >= 11 is 0. The molecule has 7 heteroatoms. The maximum atomic E-state index is 14.0. The molecule has 1 saturated heterocycles. The number of hydrogen-bond acceptors (Lipinski definition) is 4. The first-order chi connectivity index (χ1) is 15.5. The monoisotopic (exact) mass is 435 g/mol. The predicted molar refractivity (Wildman–Crippen MR) is 125 cm³/mol. The Balaban J connectivity index is 1.32. The summed E-state index contributed by atoms with van der Waals surface area (Å²) in [6.07, 6.45) is 3.67. The van der Waals surface area contributed by atoms with Crippen LogP contribution in [0.2, 0.25) is 0 Å². The second kappa shape index (κ2) is 9.96. The first-order valence-electron chi connectivity index (χ1n) is 11.0. The van der Waals surface area contributed by atoms with E-state index < -0.39 is 0 Å². The summed E-state index contributed by atoms with van der Waals surface area (Å²) < 4.78 is 19.3. The average molecular weight is 436 g/mol. The minimum absolute atomic E-state index is 0.211. The van der Waals surface area contributed by atoms with Gasteiger partial charge in [0.25, 0.3) is 5.88 Å². The van der Waals surface area contributed by atoms with Gasteiger partial charge in [0.15, 0.2) is 5.96 Å². The van der Waals surface area contributed by atoms with Gasteiger partial charge in [0.05, 0.1) is 5.69 Å². The van der Waals surface area contributed by atoms with Crippen LogP contribution in [0.4, 0.5) is 10.3 Å². The molecule has 0 atom stereocenters. The fourth-order valence-corrected chi connectivity index (χ4v) is 4.08. The number of rotatable bonds is 6. The van der Waals surface area contributed by atoms with E-state index in [1.165, 1.54) is 6.07 Å². The molecule has 0 bridgehead atoms. The summed E-state index contributed by atoms with van der Waals surface area (Å²) in [6, 6.07) is 17.2. The second-order valence-electron chi connectivity index (χ2n) is 8.49. The molecule has 4 rings (SSSR count). The lowest BCUT2D eigenvalue weighted by atomic mass is 10.0. The second-order valence-corrected chi connectivity index (χ2v) is 8.49. The standard InChI is InChI=1S/C25H30FN5O/c1-30(2)21-13-15-31(16-14-21)25(27)28-24-17-20(29-32-24)12-9-18-7-10-19(11-8-18)22-5-3-4-6-23(22)26/h3-8,10-11,17,21H,9,12-16H2,1-2H3,(H2,27,28). The lowest BCUT2D eigenvalue weighted by molar-refractivity contribution is 0.190. The van der Waals surface area contributed by atoms with Crippen LogP contribution < -0.4 is 5.73 Å². The molecule has 3 aromatic rings. The van der Waals surface area contributed by atoms with Gasteiger partial charge in [-0.2, -0.15) is 4.99 Å². The highest BCUT2D eigenvalue weighted by Gasteiger charge is 2.22. The molecule has 0 spiro atoms. The van der Waals surface area contributed by atoms with Crippen LogP contribution in [0.15, 0.2) is 64.1 Å². The number of piperidine rings is 1. The molecule has 0 aliphatic carbocycles. The van der Waals surface area contributed by atoms with E-state index in [0.29, 0.717) is 23.4 Å². The Morgan fingerprint density at radius 2 is 1.84 bits per heavy atom. The van der Waals surface area contributed by atoms with Gasteiger partial charge < -0.3 is 20.1 Å². The van der Waals surface area contributed by atoms with Crippen LogP contribution in [0.3, 0.4) is 0 Å². The van der Waals surface area contributed by atoms with Crippen LogP contribution in [0.1, 0.15) is 24.1 Å². The predicted octanol–water partition coefficient (Wildman–Crippen LogP) is 4.24. The SMILES string of the molecule is CN(C)C1CCN(C(N)=Nc2cc(CCc3ccc(-c4ccccc4F)cc3)no2)CC1. The van der Waals surface area contributed by atoms with Gasteiger partial charge in [-0.3, -0.25) is 0 Å². The zero-order valence-corrected chi connectivity index (χ0v) is 18.7. The van der Waals surface area contributed by atoms with Crippen LogP contribution >= 0.6 is 0 Å². The van der Waals surface area contributed by atoms with Crippen molar-refractivity contribution in [3.8, 4) is 11.1 Å². The van der Waals surface area contributed by atoms with Crippen molar-refractivity contribution in [3.63, 3.8) is 0 Å². The molecule has 1 aromatic heterocycles. The fraction of sp³-hybridized carbons (Fsp3) is 0.360. The van der Waals surface area contributed by atoms with E-state index in [1.807, 2.05) is 36.4 Å². The number of guanidine groups is 1. The van der Waals surface area contributed by atoms with Gasteiger partial charge >= 0.3 is 0 Å². The number of aromatic nitrogens is 1. The van der Waals surface area contributed by atoms with Gasteiger partial charge in [0.2, 0.25) is 0 Å². The maximum Gasteiger partial charge on any atom is 0.253 e. The molecule has 1 aliphatic rings. The highest BCUT2D eigenvalue weighted by atomic mass is 19.1. The quantitative estimate of drug-likeness (QED) is 0.463. The number of aliphatic imine (C=N–C) groups is 1. The number of benzene rings is 2. The van der Waals surface area contributed by atoms with E-state index in [2.05, 4.69) is 34.0 Å². The van der Waals surface area contributed by atoms with Gasteiger partial charge in [0, 0.05) is 30.8 Å².